The number of phenols is 2. The number of nitrogens with zero attached hydrogens (tertiary/aromatic N) is 2. The number of hydrogen-bond acceptors (Lipinski definition) is 8. The second kappa shape index (κ2) is 9.50. The first-order valence-corrected chi connectivity index (χ1v) is 10.8. The summed E-state index contributed by atoms with van der Waals surface area (Å²) in [7, 11) is 0. The molecule has 2 atom stereocenters. The molecule has 3 heterocycles. The quantitative estimate of drug-likeness (QED) is 0.220. The van der Waals surface area contributed by atoms with Crippen molar-refractivity contribution in [3.63, 3.8) is 0 Å². The molecule has 3 aliphatic heterocycles. The van der Waals surface area contributed by atoms with Gasteiger partial charge in [0, 0.05) is 29.6 Å². The first-order valence-electron chi connectivity index (χ1n) is 9.75. The molecule has 0 bridgehead atoms. The summed E-state index contributed by atoms with van der Waals surface area (Å²) in [6, 6.07) is 3.39. The van der Waals surface area contributed by atoms with Crippen molar-refractivity contribution in [3.8, 4) is 11.5 Å². The Balaban J connectivity index is 0.000000429. The molecular weight excluding hydrogens is 499 g/mol. The number of β-lactam (4-membered cyclic amide) rings is 1. The average Bonchev–Trinajstić information content (AvgIpc) is 3.14. The highest BCUT2D eigenvalue weighted by molar-refractivity contribution is 8.00. The highest BCUT2D eigenvalue weighted by Crippen LogP contribution is 2.40. The number of amides is 2. The molecule has 15 heteroatoms. The third-order valence-electron chi connectivity index (χ3n) is 5.23. The number of nitrogens with two attached hydrogens (primary N) is 1. The molecule has 6 N–H and O–H groups in total. The molecule has 2 fully saturated rings. The number of fused-ring (bicyclic) bond motifs is 1. The van der Waals surface area contributed by atoms with Gasteiger partial charge in [-0.1, -0.05) is 0 Å². The summed E-state index contributed by atoms with van der Waals surface area (Å²) in [6.07, 6.45) is -3.16. The second-order valence-electron chi connectivity index (χ2n) is 7.47. The Kier molecular flexibility index (Phi) is 7.03. The van der Waals surface area contributed by atoms with Crippen molar-refractivity contribution in [2.75, 3.05) is 17.2 Å². The normalized spacial score (nSPS) is 23.0. The number of carboxylic acids is 2. The van der Waals surface area contributed by atoms with Crippen LogP contribution in [0.4, 0.5) is 18.9 Å². The molecule has 0 unspecified atom stereocenters. The highest BCUT2D eigenvalue weighted by atomic mass is 32.2. The van der Waals surface area contributed by atoms with Crippen LogP contribution in [0.3, 0.4) is 0 Å². The van der Waals surface area contributed by atoms with Gasteiger partial charge in [0.1, 0.15) is 17.1 Å². The molecule has 4 rings (SSSR count). The maximum atomic E-state index is 12.8. The zero-order valence-corrected chi connectivity index (χ0v) is 18.3. The number of aromatic hydroxyl groups is 2. The maximum Gasteiger partial charge on any atom is 0.490 e. The number of anilines is 1. The van der Waals surface area contributed by atoms with Gasteiger partial charge in [0.05, 0.1) is 0 Å². The molecule has 2 amide bonds. The van der Waals surface area contributed by atoms with Gasteiger partial charge in [-0.25, -0.2) is 9.59 Å². The lowest BCUT2D eigenvalue weighted by atomic mass is 10.0. The Labute approximate surface area is 198 Å². The van der Waals surface area contributed by atoms with Crippen molar-refractivity contribution < 1.29 is 52.8 Å². The summed E-state index contributed by atoms with van der Waals surface area (Å²) in [5.41, 5.74) is 6.84. The number of hydrogen-bond donors (Lipinski definition) is 5. The molecule has 0 aromatic heterocycles. The fourth-order valence-electron chi connectivity index (χ4n) is 3.54. The van der Waals surface area contributed by atoms with E-state index in [2.05, 4.69) is 0 Å². The Hall–Kier alpha value is -3.72. The monoisotopic (exact) mass is 517 g/mol. The van der Waals surface area contributed by atoms with E-state index >= 15 is 0 Å². The predicted molar refractivity (Wildman–Crippen MR) is 114 cm³/mol. The molecule has 11 nitrogen and oxygen atoms in total. The lowest BCUT2D eigenvalue weighted by molar-refractivity contribution is -0.192. The summed E-state index contributed by atoms with van der Waals surface area (Å²) in [4.78, 5) is 48.0. The van der Waals surface area contributed by atoms with Crippen LogP contribution in [0.25, 0.3) is 0 Å². The van der Waals surface area contributed by atoms with Crippen LogP contribution >= 0.6 is 11.8 Å². The van der Waals surface area contributed by atoms with E-state index in [-0.39, 0.29) is 23.1 Å². The first kappa shape index (κ1) is 25.9. The Morgan fingerprint density at radius 1 is 1.14 bits per heavy atom. The Morgan fingerprint density at radius 2 is 1.77 bits per heavy atom. The molecule has 0 spiro atoms. The zero-order chi connectivity index (χ0) is 26.2. The average molecular weight is 517 g/mol. The smallest absolute Gasteiger partial charge is 0.490 e. The molecule has 2 saturated heterocycles. The second-order valence-corrected chi connectivity index (χ2v) is 8.57. The van der Waals surface area contributed by atoms with Gasteiger partial charge in [0.15, 0.2) is 11.5 Å². The summed E-state index contributed by atoms with van der Waals surface area (Å²) >= 11 is 1.37. The predicted octanol–water partition coefficient (Wildman–Crippen LogP) is 0.975. The number of rotatable bonds is 3. The first-order chi connectivity index (χ1) is 16.2. The van der Waals surface area contributed by atoms with E-state index in [9.17, 15) is 42.9 Å². The van der Waals surface area contributed by atoms with Crippen molar-refractivity contribution in [2.45, 2.75) is 24.0 Å². The van der Waals surface area contributed by atoms with Gasteiger partial charge in [-0.15, -0.1) is 11.8 Å². The van der Waals surface area contributed by atoms with E-state index in [1.165, 1.54) is 45.8 Å². The van der Waals surface area contributed by atoms with Gasteiger partial charge in [-0.05, 0) is 30.2 Å². The van der Waals surface area contributed by atoms with Crippen LogP contribution in [0.2, 0.25) is 0 Å². The van der Waals surface area contributed by atoms with Crippen LogP contribution < -0.4 is 10.6 Å². The van der Waals surface area contributed by atoms with Crippen molar-refractivity contribution >= 4 is 41.2 Å². The SMILES string of the molecule is N[C@@H]1C(=O)N2C(C(=O)O)=C(C=C3CCN(c4ccc(O)c(O)c4)C3=O)CS[C@H]12.O=C(O)C(F)(F)F. The van der Waals surface area contributed by atoms with E-state index in [0.29, 0.717) is 35.6 Å². The van der Waals surface area contributed by atoms with Gasteiger partial charge in [-0.2, -0.15) is 13.2 Å². The number of halogens is 3. The van der Waals surface area contributed by atoms with Crippen molar-refractivity contribution in [1.82, 2.24) is 4.90 Å². The molecule has 1 aromatic carbocycles. The van der Waals surface area contributed by atoms with Crippen LogP contribution in [0.1, 0.15) is 6.42 Å². The summed E-state index contributed by atoms with van der Waals surface area (Å²) < 4.78 is 31.7. The Bertz CT molecular complexity index is 1170. The van der Waals surface area contributed by atoms with Crippen LogP contribution in [0.5, 0.6) is 11.5 Å². The minimum Gasteiger partial charge on any atom is -0.504 e. The number of alkyl halides is 3. The lowest BCUT2D eigenvalue weighted by Gasteiger charge is -2.47. The summed E-state index contributed by atoms with van der Waals surface area (Å²) in [5, 5.41) is 35.4. The molecule has 0 radical (unpaired) electrons. The number of thioether (sulfide) groups is 1. The number of phenolic OH excluding ortho intramolecular Hbond substituents is 2. The largest absolute Gasteiger partial charge is 0.504 e. The maximum absolute atomic E-state index is 12.8. The molecule has 1 aromatic rings. The van der Waals surface area contributed by atoms with Gasteiger partial charge in [0.25, 0.3) is 5.91 Å². The van der Waals surface area contributed by atoms with Crippen LogP contribution in [0.15, 0.2) is 41.1 Å². The fourth-order valence-corrected chi connectivity index (χ4v) is 4.79. The van der Waals surface area contributed by atoms with E-state index in [1.54, 1.807) is 0 Å². The minimum absolute atomic E-state index is 0.128. The zero-order valence-electron chi connectivity index (χ0n) is 17.5. The number of benzene rings is 1. The molecular formula is C20H18F3N3O8S. The number of aliphatic carboxylic acids is 2. The minimum atomic E-state index is -5.08. The lowest BCUT2D eigenvalue weighted by Crippen LogP contribution is -2.68. The molecule has 35 heavy (non-hydrogen) atoms. The van der Waals surface area contributed by atoms with Crippen LogP contribution in [-0.4, -0.2) is 79.0 Å². The third-order valence-corrected chi connectivity index (χ3v) is 6.55. The summed E-state index contributed by atoms with van der Waals surface area (Å²) in [5.74, 6) is -5.03. The highest BCUT2D eigenvalue weighted by Gasteiger charge is 2.51. The molecule has 0 saturated carbocycles. The third kappa shape index (κ3) is 5.05. The van der Waals surface area contributed by atoms with Crippen molar-refractivity contribution in [2.24, 2.45) is 5.73 Å². The van der Waals surface area contributed by atoms with E-state index in [1.807, 2.05) is 0 Å². The van der Waals surface area contributed by atoms with E-state index in [4.69, 9.17) is 15.6 Å². The molecule has 3 aliphatic rings. The number of carboxylic acid groups (broad SMARTS) is 2. The number of carbonyl (C=O) groups excluding carboxylic acids is 2. The number of allylic oxidation sites excluding steroid dienone is 1. The van der Waals surface area contributed by atoms with Gasteiger partial charge in [-0.3, -0.25) is 14.5 Å². The summed E-state index contributed by atoms with van der Waals surface area (Å²) in [6.45, 7) is 0.355. The van der Waals surface area contributed by atoms with Gasteiger partial charge < -0.3 is 31.1 Å². The Morgan fingerprint density at radius 3 is 2.31 bits per heavy atom. The van der Waals surface area contributed by atoms with Crippen LogP contribution in [-0.2, 0) is 19.2 Å². The topological polar surface area (TPSA) is 182 Å². The van der Waals surface area contributed by atoms with Crippen molar-refractivity contribution in [1.29, 1.82) is 0 Å². The van der Waals surface area contributed by atoms with Gasteiger partial charge in [0.2, 0.25) is 5.91 Å². The van der Waals surface area contributed by atoms with Gasteiger partial charge >= 0.3 is 18.1 Å². The van der Waals surface area contributed by atoms with Crippen LogP contribution in [0, 0.1) is 0 Å². The van der Waals surface area contributed by atoms with Crippen molar-refractivity contribution in [3.05, 3.63) is 41.1 Å². The standard InChI is InChI=1S/C18H17N3O6S.C2HF3O2/c19-13-16(25)21-14(18(26)27)9(7-28-17(13)21)5-8-3-4-20(15(8)24)10-1-2-11(22)12(23)6-10;3-2(4,5)1(6)7/h1-2,5-6,13,17,22-23H,3-4,7,19H2,(H,26,27);(H,6,7)/t13-,17-;/m1./s1. The number of carbonyl (C=O) groups is 4. The van der Waals surface area contributed by atoms with E-state index in [0.717, 1.165) is 0 Å². The fraction of sp³-hybridized carbons (Fsp3) is 0.300. The molecule has 0 aliphatic carbocycles. The molecule has 188 valence electrons. The van der Waals surface area contributed by atoms with E-state index < -0.39 is 35.4 Å².